The topological polar surface area (TPSA) is 531 Å². The van der Waals surface area contributed by atoms with Gasteiger partial charge in [0.25, 0.3) is 0 Å². The van der Waals surface area contributed by atoms with E-state index in [0.29, 0.717) is 12.4 Å². The van der Waals surface area contributed by atoms with Crippen molar-refractivity contribution in [2.45, 2.75) is 223 Å². The van der Waals surface area contributed by atoms with Crippen molar-refractivity contribution in [3.8, 4) is 0 Å². The maximum atomic E-state index is 12.9. The molecule has 21 atom stereocenters. The van der Waals surface area contributed by atoms with Crippen molar-refractivity contribution in [3.63, 3.8) is 0 Å². The van der Waals surface area contributed by atoms with Crippen LogP contribution in [0, 0.1) is 17.3 Å². The molecule has 3 fully saturated rings. The number of aliphatic hydroxyl groups excluding tert-OH is 6. The van der Waals surface area contributed by atoms with Gasteiger partial charge in [0.05, 0.1) is 59.6 Å². The smallest absolute Gasteiger partial charge is 0.547 e. The van der Waals surface area contributed by atoms with Crippen LogP contribution >= 0.6 is 0 Å². The molecule has 0 spiro atoms. The third kappa shape index (κ3) is 28.3. The number of unbranched alkanes of at least 4 members (excludes halogenated alkanes) is 1. The number of hydrazone groups is 2. The van der Waals surface area contributed by atoms with Gasteiger partial charge in [-0.2, -0.15) is 10.2 Å². The predicted molar refractivity (Wildman–Crippen MR) is 257 cm³/mol. The van der Waals surface area contributed by atoms with E-state index < -0.39 is 200 Å². The van der Waals surface area contributed by atoms with Crippen molar-refractivity contribution in [1.29, 1.82) is 0 Å². The van der Waals surface area contributed by atoms with Gasteiger partial charge >= 0.3 is 148 Å². The molecule has 0 bridgehead atoms. The van der Waals surface area contributed by atoms with Crippen molar-refractivity contribution in [2.24, 2.45) is 27.5 Å². The summed E-state index contributed by atoms with van der Waals surface area (Å²) in [5.41, 5.74) is 0.791. The molecule has 34 nitrogen and oxygen atoms in total. The molecule has 3 rings (SSSR count). The van der Waals surface area contributed by atoms with Crippen LogP contribution in [0.1, 0.15) is 94.9 Å². The fourth-order valence-electron chi connectivity index (χ4n) is 8.28. The second-order valence-corrected chi connectivity index (χ2v) is 22.3. The van der Waals surface area contributed by atoms with E-state index in [1.165, 1.54) is 62.3 Å². The first-order chi connectivity index (χ1) is 38.3. The molecule has 3 aliphatic rings. The number of aliphatic carboxylic acids is 5. The van der Waals surface area contributed by atoms with Gasteiger partial charge in [-0.25, -0.2) is 10.9 Å². The van der Waals surface area contributed by atoms with Crippen LogP contribution in [0.4, 0.5) is 0 Å². The zero-order valence-electron chi connectivity index (χ0n) is 51.6. The molecular weight excluding hydrogens is 1240 g/mol. The number of carbonyl (C=O) groups excluding carboxylic acids is 9. The molecule has 2 amide bonds. The van der Waals surface area contributed by atoms with Gasteiger partial charge in [0, 0.05) is 24.7 Å². The summed E-state index contributed by atoms with van der Waals surface area (Å²) >= 11 is 0. The van der Waals surface area contributed by atoms with Gasteiger partial charge in [0.2, 0.25) is 11.8 Å². The van der Waals surface area contributed by atoms with Crippen LogP contribution in [0.2, 0.25) is 0 Å². The maximum absolute atomic E-state index is 12.9. The predicted octanol–water partition coefficient (Wildman–Crippen LogP) is -25.2. The second kappa shape index (κ2) is 41.3. The summed E-state index contributed by atoms with van der Waals surface area (Å²) in [5, 5.41) is 134. The summed E-state index contributed by atoms with van der Waals surface area (Å²) in [6.45, 7) is 14.6. The Hall–Kier alpha value is -0.670. The van der Waals surface area contributed by atoms with Gasteiger partial charge in [0.15, 0.2) is 37.7 Å². The minimum atomic E-state index is -2.73. The number of hydrogen-bond acceptors (Lipinski definition) is 32. The van der Waals surface area contributed by atoms with Crippen molar-refractivity contribution in [1.82, 2.24) is 10.9 Å². The number of nitrogens with zero attached hydrogens (tertiary/aromatic N) is 2. The second-order valence-electron chi connectivity index (χ2n) is 22.3. The van der Waals surface area contributed by atoms with Crippen LogP contribution in [-0.2, 0) is 90.5 Å². The Kier molecular flexibility index (Phi) is 43.0. The van der Waals surface area contributed by atoms with E-state index in [4.69, 9.17) is 47.4 Å². The molecule has 0 aliphatic carbocycles. The zero-order valence-corrected chi connectivity index (χ0v) is 61.6. The number of nitrogens with one attached hydrogen (secondary N) is 2. The fraction of sp³-hybridized carbons (Fsp3) is 0.776. The fourth-order valence-corrected chi connectivity index (χ4v) is 8.28. The molecule has 0 aromatic rings. The minimum Gasteiger partial charge on any atom is -0.547 e. The Labute approximate surface area is 615 Å². The molecule has 0 radical (unpaired) electrons. The number of hydrogen-bond donors (Lipinski definition) is 8. The Bertz CT molecular complexity index is 2310. The molecule has 0 aromatic carbocycles. The molecular formula is C49H71N4Na5O30. The van der Waals surface area contributed by atoms with Crippen molar-refractivity contribution >= 4 is 66.7 Å². The van der Waals surface area contributed by atoms with Crippen LogP contribution in [0.5, 0.6) is 0 Å². The standard InChI is InChI=1S/C49H76N4O30.5Na/c1-19(17-54)32(39(64)65)75-23(77-35-27(59)30(62)45(82-48(5,6)7)80-37(35)42(70)71)15-50-52-21(56)13-11-12-14-22(57)53-51-16-24(78-36-28(60)31(63)46(83-49(8,9)10)81-38(36)43(72)73)76-33(40(66)67)20(18-55)74-44-29(61)26(58)25(47(2,3)4)34(79-44)41(68)69;;;;;/h15-20,23-38,44-46,58-63H,11-14H2,1-10H3,(H,52,56)(H,53,57)(H,64,65)(H,66,67)(H,68,69)(H,70,71)(H,72,73);;;;;/q;5*+1/p-5/b50-15+,51-16+;;;;;/t19?,20?,23?,24?,25-,26?,27?,28?,29+,30-,31+,32?,33?,34?,35+,36-,37?,38?,44-,45-,46+;;;;;/m0...../s1. The normalized spacial score (nSPS) is 29.4. The van der Waals surface area contributed by atoms with Crippen LogP contribution in [-0.4, -0.2) is 225 Å². The van der Waals surface area contributed by atoms with E-state index in [2.05, 4.69) is 10.2 Å². The first-order valence-electron chi connectivity index (χ1n) is 25.6. The number of carbonyl (C=O) groups is 9. The molecule has 3 aliphatic heterocycles. The monoisotopic (exact) mass is 1310 g/mol. The summed E-state index contributed by atoms with van der Waals surface area (Å²) in [6.07, 6.45) is -41.3. The van der Waals surface area contributed by atoms with Gasteiger partial charge in [-0.15, -0.1) is 0 Å². The van der Waals surface area contributed by atoms with Gasteiger partial charge in [-0.05, 0) is 59.8 Å². The quantitative estimate of drug-likeness (QED) is 0.00827. The SMILES string of the molecule is CC(C=O)C(OC(/C=N/NC(=O)CCCCC(=O)N/N=C/C(OC(C(=O)[O-])C(C=O)O[C@H]1OC(C(=O)[O-])[C@@H](C(C)(C)C)C(O)[C@H]1O)O[C@@H]1C(C(=O)[O-])O[C@H](OC(C)(C)C)[C@H](O)C1O)O[C@H]1C(C(=O)[O-])O[C@@H](OC(C)(C)C)[C@@H](O)C1O)C(=O)[O-].[Na+].[Na+].[Na+].[Na+].[Na+]. The molecule has 3 saturated heterocycles. The summed E-state index contributed by atoms with van der Waals surface area (Å²) in [6, 6.07) is 0. The van der Waals surface area contributed by atoms with Gasteiger partial charge < -0.3 is 137 Å². The third-order valence-electron chi connectivity index (χ3n) is 12.2. The number of amides is 2. The Morgan fingerprint density at radius 3 is 1.18 bits per heavy atom. The Morgan fingerprint density at radius 1 is 0.511 bits per heavy atom. The third-order valence-corrected chi connectivity index (χ3v) is 12.2. The molecule has 3 heterocycles. The molecule has 39 heteroatoms. The number of rotatable bonds is 30. The van der Waals surface area contributed by atoms with Gasteiger partial charge in [-0.1, -0.05) is 27.7 Å². The van der Waals surface area contributed by atoms with E-state index in [-0.39, 0.29) is 173 Å². The zero-order chi connectivity index (χ0) is 63.2. The number of carboxylic acids is 5. The summed E-state index contributed by atoms with van der Waals surface area (Å²) in [5.74, 6) is -14.8. The first kappa shape index (κ1) is 91.5. The van der Waals surface area contributed by atoms with Crippen LogP contribution in [0.3, 0.4) is 0 Å². The number of aliphatic hydroxyl groups is 6. The maximum Gasteiger partial charge on any atom is 1.00 e. The van der Waals surface area contributed by atoms with E-state index in [1.54, 1.807) is 0 Å². The van der Waals surface area contributed by atoms with Gasteiger partial charge in [0.1, 0.15) is 85.6 Å². The Balaban J connectivity index is -0.0000144. The van der Waals surface area contributed by atoms with Crippen LogP contribution in [0.25, 0.3) is 0 Å². The van der Waals surface area contributed by atoms with Crippen molar-refractivity contribution in [2.75, 3.05) is 0 Å². The molecule has 472 valence electrons. The van der Waals surface area contributed by atoms with E-state index in [0.717, 1.165) is 6.92 Å². The summed E-state index contributed by atoms with van der Waals surface area (Å²) in [7, 11) is 0. The summed E-state index contributed by atoms with van der Waals surface area (Å²) < 4.78 is 53.9. The van der Waals surface area contributed by atoms with E-state index in [1.807, 2.05) is 10.9 Å². The average molecular weight is 1310 g/mol. The van der Waals surface area contributed by atoms with Crippen molar-refractivity contribution < 1.29 is 294 Å². The first-order valence-corrected chi connectivity index (χ1v) is 25.6. The molecule has 88 heavy (non-hydrogen) atoms. The van der Waals surface area contributed by atoms with E-state index in [9.17, 15) is 99.3 Å². The number of carboxylic acid groups (broad SMARTS) is 5. The summed E-state index contributed by atoms with van der Waals surface area (Å²) in [4.78, 5) is 111. The average Bonchev–Trinajstić information content (AvgIpc) is 3.58. The molecule has 12 unspecified atom stereocenters. The van der Waals surface area contributed by atoms with Gasteiger partial charge in [-0.3, -0.25) is 9.59 Å². The molecule has 0 saturated carbocycles. The minimum absolute atomic E-state index is 0. The molecule has 0 aromatic heterocycles. The van der Waals surface area contributed by atoms with Crippen LogP contribution in [0.15, 0.2) is 10.2 Å². The number of ether oxygens (including phenoxy) is 10. The molecule has 8 N–H and O–H groups in total. The number of aldehydes is 2. The van der Waals surface area contributed by atoms with E-state index >= 15 is 0 Å². The Morgan fingerprint density at radius 2 is 0.864 bits per heavy atom. The van der Waals surface area contributed by atoms with Crippen LogP contribution < -0.4 is 184 Å². The largest absolute Gasteiger partial charge is 1.00 e. The van der Waals surface area contributed by atoms with Crippen molar-refractivity contribution in [3.05, 3.63) is 0 Å².